The van der Waals surface area contributed by atoms with Crippen molar-refractivity contribution in [3.05, 3.63) is 0 Å². The van der Waals surface area contributed by atoms with Crippen molar-refractivity contribution in [3.8, 4) is 0 Å². The molecule has 15 heavy (non-hydrogen) atoms. The van der Waals surface area contributed by atoms with Gasteiger partial charge in [-0.25, -0.2) is 9.59 Å². The standard InChI is InChI=1S/C5H8O6.C2H4O2/c1-3(11-5(8)9)2-10-4(6)7;1-2(3)4/h3H,2H2,1H3,(H,6,7)(H,8,9);1H3,(H,3,4). The van der Waals surface area contributed by atoms with E-state index < -0.39 is 24.4 Å². The zero-order valence-corrected chi connectivity index (χ0v) is 8.17. The van der Waals surface area contributed by atoms with Crippen molar-refractivity contribution < 1.29 is 39.2 Å². The lowest BCUT2D eigenvalue weighted by molar-refractivity contribution is -0.134. The molecule has 0 aliphatic carbocycles. The summed E-state index contributed by atoms with van der Waals surface area (Å²) in [6.45, 7) is 2.18. The number of carbonyl (C=O) groups is 3. The number of carboxylic acid groups (broad SMARTS) is 3. The van der Waals surface area contributed by atoms with Crippen LogP contribution in [0.1, 0.15) is 13.8 Å². The van der Waals surface area contributed by atoms with Gasteiger partial charge in [-0.2, -0.15) is 0 Å². The highest BCUT2D eigenvalue weighted by molar-refractivity contribution is 5.63. The molecule has 0 aromatic carbocycles. The molecular weight excluding hydrogens is 212 g/mol. The molecule has 1 atom stereocenters. The molecule has 0 fully saturated rings. The minimum absolute atomic E-state index is 0.290. The van der Waals surface area contributed by atoms with Crippen LogP contribution in [0.25, 0.3) is 0 Å². The Kier molecular flexibility index (Phi) is 8.88. The van der Waals surface area contributed by atoms with Gasteiger partial charge >= 0.3 is 12.3 Å². The second kappa shape index (κ2) is 8.60. The first-order valence-electron chi connectivity index (χ1n) is 3.70. The zero-order valence-electron chi connectivity index (χ0n) is 8.17. The van der Waals surface area contributed by atoms with Gasteiger partial charge in [0.25, 0.3) is 5.97 Å². The molecule has 0 aliphatic heterocycles. The summed E-state index contributed by atoms with van der Waals surface area (Å²) in [4.78, 5) is 28.6. The minimum atomic E-state index is -1.45. The van der Waals surface area contributed by atoms with Crippen LogP contribution in [-0.4, -0.2) is 46.3 Å². The van der Waals surface area contributed by atoms with Crippen molar-refractivity contribution in [2.24, 2.45) is 0 Å². The maximum absolute atomic E-state index is 9.83. The van der Waals surface area contributed by atoms with E-state index in [1.807, 2.05) is 0 Å². The maximum Gasteiger partial charge on any atom is 0.506 e. The fourth-order valence-electron chi connectivity index (χ4n) is 0.395. The average Bonchev–Trinajstić information content (AvgIpc) is 1.98. The molecule has 0 rings (SSSR count). The molecule has 0 aliphatic rings. The fraction of sp³-hybridized carbons (Fsp3) is 0.571. The van der Waals surface area contributed by atoms with Gasteiger partial charge in [0.1, 0.15) is 12.7 Å². The van der Waals surface area contributed by atoms with Gasteiger partial charge in [0.05, 0.1) is 0 Å². The van der Waals surface area contributed by atoms with E-state index in [0.717, 1.165) is 6.92 Å². The normalized spacial score (nSPS) is 10.3. The first kappa shape index (κ1) is 15.5. The van der Waals surface area contributed by atoms with Gasteiger partial charge in [0.2, 0.25) is 0 Å². The summed E-state index contributed by atoms with van der Waals surface area (Å²) in [5.74, 6) is -0.833. The van der Waals surface area contributed by atoms with Gasteiger partial charge in [-0.1, -0.05) is 0 Å². The third-order valence-electron chi connectivity index (χ3n) is 0.744. The van der Waals surface area contributed by atoms with Gasteiger partial charge in [-0.15, -0.1) is 0 Å². The molecule has 0 radical (unpaired) electrons. The van der Waals surface area contributed by atoms with Crippen LogP contribution in [0.5, 0.6) is 0 Å². The van der Waals surface area contributed by atoms with Gasteiger partial charge in [0.15, 0.2) is 0 Å². The molecule has 0 amide bonds. The van der Waals surface area contributed by atoms with Gasteiger partial charge in [-0.3, -0.25) is 4.79 Å². The smallest absolute Gasteiger partial charge is 0.481 e. The number of hydrogen-bond donors (Lipinski definition) is 3. The minimum Gasteiger partial charge on any atom is -0.481 e. The van der Waals surface area contributed by atoms with Crippen molar-refractivity contribution in [2.75, 3.05) is 6.61 Å². The molecule has 0 bridgehead atoms. The van der Waals surface area contributed by atoms with Crippen LogP contribution in [0.3, 0.4) is 0 Å². The van der Waals surface area contributed by atoms with Crippen LogP contribution in [0, 0.1) is 0 Å². The topological polar surface area (TPSA) is 130 Å². The van der Waals surface area contributed by atoms with E-state index in [9.17, 15) is 9.59 Å². The predicted molar refractivity (Wildman–Crippen MR) is 45.9 cm³/mol. The Bertz CT molecular complexity index is 219. The molecule has 8 nitrogen and oxygen atoms in total. The Morgan fingerprint density at radius 1 is 1.13 bits per heavy atom. The summed E-state index contributed by atoms with van der Waals surface area (Å²) in [6.07, 6.45) is -3.68. The van der Waals surface area contributed by atoms with Gasteiger partial charge in [-0.05, 0) is 6.92 Å². The zero-order chi connectivity index (χ0) is 12.4. The lowest BCUT2D eigenvalue weighted by Gasteiger charge is -2.08. The number of hydrogen-bond acceptors (Lipinski definition) is 5. The van der Waals surface area contributed by atoms with Crippen molar-refractivity contribution in [1.29, 1.82) is 0 Å². The van der Waals surface area contributed by atoms with E-state index in [2.05, 4.69) is 9.47 Å². The quantitative estimate of drug-likeness (QED) is 0.601. The molecule has 88 valence electrons. The van der Waals surface area contributed by atoms with Gasteiger partial charge < -0.3 is 24.8 Å². The summed E-state index contributed by atoms with van der Waals surface area (Å²) in [7, 11) is 0. The second-order valence-corrected chi connectivity index (χ2v) is 2.29. The summed E-state index contributed by atoms with van der Waals surface area (Å²) >= 11 is 0. The number of aliphatic carboxylic acids is 1. The van der Waals surface area contributed by atoms with E-state index in [-0.39, 0.29) is 6.61 Å². The first-order valence-corrected chi connectivity index (χ1v) is 3.70. The number of rotatable bonds is 3. The third kappa shape index (κ3) is 24.5. The molecule has 0 heterocycles. The summed E-state index contributed by atoms with van der Waals surface area (Å²) in [5, 5.41) is 23.4. The summed E-state index contributed by atoms with van der Waals surface area (Å²) < 4.78 is 8.16. The molecule has 1 unspecified atom stereocenters. The van der Waals surface area contributed by atoms with E-state index in [1.165, 1.54) is 6.92 Å². The summed E-state index contributed by atoms with van der Waals surface area (Å²) in [5.41, 5.74) is 0. The maximum atomic E-state index is 9.83. The monoisotopic (exact) mass is 224 g/mol. The van der Waals surface area contributed by atoms with Crippen LogP contribution < -0.4 is 0 Å². The highest BCUT2D eigenvalue weighted by atomic mass is 16.7. The lowest BCUT2D eigenvalue weighted by Crippen LogP contribution is -2.20. The Labute approximate surface area is 85.0 Å². The van der Waals surface area contributed by atoms with Crippen molar-refractivity contribution in [2.45, 2.75) is 20.0 Å². The van der Waals surface area contributed by atoms with E-state index in [1.54, 1.807) is 0 Å². The van der Waals surface area contributed by atoms with Crippen molar-refractivity contribution in [1.82, 2.24) is 0 Å². The molecule has 0 spiro atoms. The highest BCUT2D eigenvalue weighted by Crippen LogP contribution is 1.92. The third-order valence-corrected chi connectivity index (χ3v) is 0.744. The number of carboxylic acids is 1. The Hall–Kier alpha value is -1.99. The fourth-order valence-corrected chi connectivity index (χ4v) is 0.395. The van der Waals surface area contributed by atoms with Gasteiger partial charge in [0, 0.05) is 6.92 Å². The molecular formula is C7H12O8. The van der Waals surface area contributed by atoms with Crippen LogP contribution in [0.2, 0.25) is 0 Å². The van der Waals surface area contributed by atoms with Crippen molar-refractivity contribution in [3.63, 3.8) is 0 Å². The molecule has 8 heteroatoms. The first-order chi connectivity index (χ1) is 6.75. The molecule has 0 saturated heterocycles. The lowest BCUT2D eigenvalue weighted by atomic mass is 10.4. The Morgan fingerprint density at radius 3 is 1.80 bits per heavy atom. The Morgan fingerprint density at radius 2 is 1.53 bits per heavy atom. The van der Waals surface area contributed by atoms with E-state index in [4.69, 9.17) is 20.1 Å². The SMILES string of the molecule is CC(=O)O.CC(COC(=O)O)OC(=O)O. The average molecular weight is 224 g/mol. The highest BCUT2D eigenvalue weighted by Gasteiger charge is 2.09. The predicted octanol–water partition coefficient (Wildman–Crippen LogP) is 0.855. The summed E-state index contributed by atoms with van der Waals surface area (Å²) in [6, 6.07) is 0. The van der Waals surface area contributed by atoms with Crippen molar-refractivity contribution >= 4 is 18.3 Å². The van der Waals surface area contributed by atoms with Crippen LogP contribution in [-0.2, 0) is 14.3 Å². The molecule has 3 N–H and O–H groups in total. The second-order valence-electron chi connectivity index (χ2n) is 2.29. The number of ether oxygens (including phenoxy) is 2. The Balaban J connectivity index is 0. The van der Waals surface area contributed by atoms with E-state index >= 15 is 0 Å². The largest absolute Gasteiger partial charge is 0.506 e. The van der Waals surface area contributed by atoms with E-state index in [0.29, 0.717) is 0 Å². The van der Waals surface area contributed by atoms with Crippen LogP contribution in [0.4, 0.5) is 9.59 Å². The van der Waals surface area contributed by atoms with Crippen LogP contribution >= 0.6 is 0 Å². The molecule has 0 aromatic heterocycles. The van der Waals surface area contributed by atoms with Crippen LogP contribution in [0.15, 0.2) is 0 Å². The molecule has 0 saturated carbocycles. The molecule has 0 aromatic rings.